The van der Waals surface area contributed by atoms with Crippen LogP contribution in [-0.2, 0) is 17.1 Å². The van der Waals surface area contributed by atoms with Crippen molar-refractivity contribution < 1.29 is 13.2 Å². The highest BCUT2D eigenvalue weighted by Gasteiger charge is 2.30. The summed E-state index contributed by atoms with van der Waals surface area (Å²) in [5.41, 5.74) is 1.28. The molecule has 0 aliphatic carbocycles. The first-order valence-electron chi connectivity index (χ1n) is 9.73. The summed E-state index contributed by atoms with van der Waals surface area (Å²) in [6, 6.07) is 11.5. The molecule has 1 aliphatic heterocycles. The Bertz CT molecular complexity index is 1280. The number of rotatable bonds is 3. The van der Waals surface area contributed by atoms with Crippen LogP contribution in [0.25, 0.3) is 10.2 Å². The topological polar surface area (TPSA) is 71.7 Å². The van der Waals surface area contributed by atoms with E-state index in [1.807, 2.05) is 30.7 Å². The molecule has 1 aliphatic rings. The summed E-state index contributed by atoms with van der Waals surface area (Å²) in [6.07, 6.45) is 2.78. The summed E-state index contributed by atoms with van der Waals surface area (Å²) in [4.78, 5) is 17.7. The van der Waals surface area contributed by atoms with Crippen molar-refractivity contribution in [3.05, 3.63) is 57.9 Å². The van der Waals surface area contributed by atoms with Gasteiger partial charge in [0.25, 0.3) is 5.91 Å². The lowest BCUT2D eigenvalue weighted by Crippen LogP contribution is -2.41. The van der Waals surface area contributed by atoms with E-state index in [1.54, 1.807) is 10.4 Å². The van der Waals surface area contributed by atoms with E-state index in [0.717, 1.165) is 29.5 Å². The summed E-state index contributed by atoms with van der Waals surface area (Å²) in [7, 11) is -1.72. The first kappa shape index (κ1) is 21.2. The number of amides is 1. The Labute approximate surface area is 184 Å². The predicted octanol–water partition coefficient (Wildman–Crippen LogP) is 4.20. The second kappa shape index (κ2) is 8.26. The minimum Gasteiger partial charge on any atom is -0.319 e. The van der Waals surface area contributed by atoms with Gasteiger partial charge in [0.15, 0.2) is 4.80 Å². The first-order chi connectivity index (χ1) is 14.3. The number of fused-ring (bicyclic) bond motifs is 1. The van der Waals surface area contributed by atoms with Gasteiger partial charge < -0.3 is 4.57 Å². The molecule has 4 rings (SSSR count). The molecule has 3 aromatic rings. The average Bonchev–Trinajstić information content (AvgIpc) is 3.02. The van der Waals surface area contributed by atoms with Crippen molar-refractivity contribution in [1.82, 2.24) is 8.87 Å². The van der Waals surface area contributed by atoms with E-state index >= 15 is 0 Å². The number of halogens is 1. The van der Waals surface area contributed by atoms with E-state index in [9.17, 15) is 13.2 Å². The van der Waals surface area contributed by atoms with Crippen molar-refractivity contribution in [3.8, 4) is 0 Å². The van der Waals surface area contributed by atoms with Crippen LogP contribution in [0.5, 0.6) is 0 Å². The zero-order valence-electron chi connectivity index (χ0n) is 16.7. The van der Waals surface area contributed by atoms with Gasteiger partial charge in [-0.2, -0.15) is 9.30 Å². The first-order valence-corrected chi connectivity index (χ1v) is 12.4. The third kappa shape index (κ3) is 3.97. The number of aryl methyl sites for hydroxylation is 1. The van der Waals surface area contributed by atoms with E-state index in [0.29, 0.717) is 21.9 Å². The standard InChI is InChI=1S/C21H22ClN3O3S2/c1-14-5-3-4-12-25(14)30(27,28)17-9-6-15(7-10-17)20(26)23-21-24(2)18-11-8-16(22)13-19(18)29-21/h6-11,13-14H,3-5,12H2,1-2H3/t14-/m1/s1. The molecule has 1 fully saturated rings. The molecule has 9 heteroatoms. The van der Waals surface area contributed by atoms with Crippen LogP contribution in [0.2, 0.25) is 5.02 Å². The number of thiazole rings is 1. The fourth-order valence-corrected chi connectivity index (χ4v) is 6.69. The Balaban J connectivity index is 1.62. The molecule has 1 aromatic heterocycles. The monoisotopic (exact) mass is 463 g/mol. The third-order valence-corrected chi connectivity index (χ3v) is 8.78. The molecule has 158 valence electrons. The van der Waals surface area contributed by atoms with Crippen molar-refractivity contribution in [3.63, 3.8) is 0 Å². The highest BCUT2D eigenvalue weighted by molar-refractivity contribution is 7.89. The molecule has 6 nitrogen and oxygen atoms in total. The van der Waals surface area contributed by atoms with E-state index < -0.39 is 15.9 Å². The quantitative estimate of drug-likeness (QED) is 0.584. The predicted molar refractivity (Wildman–Crippen MR) is 119 cm³/mol. The lowest BCUT2D eigenvalue weighted by molar-refractivity contribution is 0.0998. The number of sulfonamides is 1. The number of benzene rings is 2. The van der Waals surface area contributed by atoms with Gasteiger partial charge in [0.05, 0.1) is 15.1 Å². The lowest BCUT2D eigenvalue weighted by atomic mass is 10.1. The fourth-order valence-electron chi connectivity index (χ4n) is 3.70. The average molecular weight is 464 g/mol. The van der Waals surface area contributed by atoms with Gasteiger partial charge in [0.2, 0.25) is 10.0 Å². The van der Waals surface area contributed by atoms with Crippen molar-refractivity contribution in [2.75, 3.05) is 6.54 Å². The molecule has 0 spiro atoms. The van der Waals surface area contributed by atoms with E-state index in [-0.39, 0.29) is 10.9 Å². The Morgan fingerprint density at radius 1 is 1.17 bits per heavy atom. The van der Waals surface area contributed by atoms with Gasteiger partial charge in [0, 0.05) is 30.2 Å². The molecule has 1 atom stereocenters. The van der Waals surface area contributed by atoms with E-state index in [2.05, 4.69) is 4.99 Å². The van der Waals surface area contributed by atoms with Crippen LogP contribution in [-0.4, -0.2) is 35.8 Å². The molecule has 2 aromatic carbocycles. The van der Waals surface area contributed by atoms with Gasteiger partial charge in [-0.25, -0.2) is 8.42 Å². The number of aromatic nitrogens is 1. The van der Waals surface area contributed by atoms with Crippen LogP contribution in [0, 0.1) is 0 Å². The Hall–Kier alpha value is -2.00. The van der Waals surface area contributed by atoms with Crippen LogP contribution in [0.15, 0.2) is 52.4 Å². The van der Waals surface area contributed by atoms with Gasteiger partial charge >= 0.3 is 0 Å². The Morgan fingerprint density at radius 2 is 1.90 bits per heavy atom. The highest BCUT2D eigenvalue weighted by Crippen LogP contribution is 2.25. The zero-order chi connectivity index (χ0) is 21.5. The zero-order valence-corrected chi connectivity index (χ0v) is 19.1. The maximum Gasteiger partial charge on any atom is 0.279 e. The Morgan fingerprint density at radius 3 is 2.60 bits per heavy atom. The number of carbonyl (C=O) groups excluding carboxylic acids is 1. The van der Waals surface area contributed by atoms with Crippen molar-refractivity contribution in [2.45, 2.75) is 37.1 Å². The van der Waals surface area contributed by atoms with Crippen LogP contribution in [0.1, 0.15) is 36.5 Å². The molecular weight excluding hydrogens is 442 g/mol. The van der Waals surface area contributed by atoms with Gasteiger partial charge in [-0.3, -0.25) is 4.79 Å². The Kier molecular flexibility index (Phi) is 5.85. The van der Waals surface area contributed by atoms with Gasteiger partial charge in [-0.05, 0) is 62.2 Å². The number of nitrogens with zero attached hydrogens (tertiary/aromatic N) is 3. The van der Waals surface area contributed by atoms with Crippen LogP contribution >= 0.6 is 22.9 Å². The largest absolute Gasteiger partial charge is 0.319 e. The number of carbonyl (C=O) groups is 1. The molecule has 0 saturated carbocycles. The van der Waals surface area contributed by atoms with Gasteiger partial charge in [0.1, 0.15) is 0 Å². The third-order valence-electron chi connectivity index (χ3n) is 5.42. The summed E-state index contributed by atoms with van der Waals surface area (Å²) in [5.74, 6) is -0.418. The minimum atomic E-state index is -3.56. The number of hydrogen-bond acceptors (Lipinski definition) is 4. The van der Waals surface area contributed by atoms with Gasteiger partial charge in [-0.1, -0.05) is 29.4 Å². The van der Waals surface area contributed by atoms with Gasteiger partial charge in [-0.15, -0.1) is 0 Å². The fraction of sp³-hybridized carbons (Fsp3) is 0.333. The second-order valence-corrected chi connectivity index (χ2v) is 10.8. The molecule has 0 radical (unpaired) electrons. The molecule has 1 saturated heterocycles. The summed E-state index contributed by atoms with van der Waals surface area (Å²) in [6.45, 7) is 2.47. The highest BCUT2D eigenvalue weighted by atomic mass is 35.5. The molecule has 0 bridgehead atoms. The molecule has 0 N–H and O–H groups in total. The maximum absolute atomic E-state index is 12.9. The SMILES string of the molecule is C[C@@H]1CCCCN1S(=O)(=O)c1ccc(C(=O)N=c2sc3cc(Cl)ccc3n2C)cc1. The van der Waals surface area contributed by atoms with Crippen molar-refractivity contribution >= 4 is 49.1 Å². The number of piperidine rings is 1. The number of hydrogen-bond donors (Lipinski definition) is 0. The molecular formula is C21H22ClN3O3S2. The molecule has 30 heavy (non-hydrogen) atoms. The second-order valence-electron chi connectivity index (χ2n) is 7.46. The van der Waals surface area contributed by atoms with Crippen molar-refractivity contribution in [2.24, 2.45) is 12.0 Å². The minimum absolute atomic E-state index is 0.0125. The van der Waals surface area contributed by atoms with E-state index in [4.69, 9.17) is 11.6 Å². The normalized spacial score (nSPS) is 18.8. The van der Waals surface area contributed by atoms with Crippen LogP contribution in [0.4, 0.5) is 0 Å². The van der Waals surface area contributed by atoms with Crippen LogP contribution < -0.4 is 4.80 Å². The maximum atomic E-state index is 12.9. The smallest absolute Gasteiger partial charge is 0.279 e. The van der Waals surface area contributed by atoms with E-state index in [1.165, 1.54) is 35.6 Å². The van der Waals surface area contributed by atoms with Crippen LogP contribution in [0.3, 0.4) is 0 Å². The lowest BCUT2D eigenvalue weighted by Gasteiger charge is -2.32. The summed E-state index contributed by atoms with van der Waals surface area (Å²) >= 11 is 7.42. The van der Waals surface area contributed by atoms with Crippen molar-refractivity contribution in [1.29, 1.82) is 0 Å². The summed E-state index contributed by atoms with van der Waals surface area (Å²) in [5, 5.41) is 0.627. The molecule has 1 amide bonds. The molecule has 2 heterocycles. The summed E-state index contributed by atoms with van der Waals surface area (Å²) < 4.78 is 30.2. The molecule has 0 unspecified atom stereocenters.